The van der Waals surface area contributed by atoms with Gasteiger partial charge in [0.25, 0.3) is 5.69 Å². The van der Waals surface area contributed by atoms with Crippen LogP contribution in [0.1, 0.15) is 110 Å². The highest BCUT2D eigenvalue weighted by Crippen LogP contribution is 2.17. The minimum absolute atomic E-state index is 0.0298. The standard InChI is InChI=1S/C42H77NO12/c1-2-3-4-5-6-7-8-9-10-11-12-13-14-15-16-17-22-46-23-24-47-25-26-48-27-28-49-29-30-50-31-32-51-33-34-52-35-36-53-37-38-54-39-40-55-42-20-18-41(19-21-42)43(44)45/h18-21H,2-17,22-40H2,1H3. The maximum atomic E-state index is 10.7. The van der Waals surface area contributed by atoms with Crippen molar-refractivity contribution in [1.82, 2.24) is 0 Å². The maximum absolute atomic E-state index is 10.7. The van der Waals surface area contributed by atoms with E-state index < -0.39 is 4.92 Å². The minimum atomic E-state index is -0.447. The molecule has 0 atom stereocenters. The molecule has 0 aliphatic heterocycles. The van der Waals surface area contributed by atoms with E-state index in [-0.39, 0.29) is 5.69 Å². The van der Waals surface area contributed by atoms with Crippen molar-refractivity contribution >= 4 is 5.69 Å². The summed E-state index contributed by atoms with van der Waals surface area (Å²) in [7, 11) is 0. The van der Waals surface area contributed by atoms with Crippen LogP contribution >= 0.6 is 0 Å². The number of ether oxygens (including phenoxy) is 10. The van der Waals surface area contributed by atoms with Crippen LogP contribution < -0.4 is 4.74 Å². The smallest absolute Gasteiger partial charge is 0.269 e. The average molecular weight is 788 g/mol. The summed E-state index contributed by atoms with van der Waals surface area (Å²) in [6.45, 7) is 12.1. The van der Waals surface area contributed by atoms with Crippen molar-refractivity contribution in [3.05, 3.63) is 34.4 Å². The summed E-state index contributed by atoms with van der Waals surface area (Å²) in [6.07, 6.45) is 22.1. The SMILES string of the molecule is CCCCCCCCCCCCCCCCCCOCCOCCOCCOCCOCCOCCOCCOCCOCCOc1ccc([N+](=O)[O-])cc1. The van der Waals surface area contributed by atoms with Gasteiger partial charge < -0.3 is 47.4 Å². The van der Waals surface area contributed by atoms with Crippen LogP contribution in [0.5, 0.6) is 5.75 Å². The van der Waals surface area contributed by atoms with Crippen LogP contribution in [-0.2, 0) is 42.6 Å². The van der Waals surface area contributed by atoms with E-state index in [1.165, 1.54) is 108 Å². The molecule has 0 saturated heterocycles. The second-order valence-electron chi connectivity index (χ2n) is 13.4. The average Bonchev–Trinajstić information content (AvgIpc) is 3.19. The molecule has 0 aliphatic rings. The Bertz CT molecular complexity index is 911. The van der Waals surface area contributed by atoms with E-state index in [0.29, 0.717) is 125 Å². The van der Waals surface area contributed by atoms with E-state index in [2.05, 4.69) is 6.92 Å². The van der Waals surface area contributed by atoms with Crippen LogP contribution in [0.15, 0.2) is 24.3 Å². The number of nitrogens with zero attached hydrogens (tertiary/aromatic N) is 1. The van der Waals surface area contributed by atoms with E-state index in [4.69, 9.17) is 47.4 Å². The molecule has 55 heavy (non-hydrogen) atoms. The zero-order valence-corrected chi connectivity index (χ0v) is 34.4. The molecule has 0 unspecified atom stereocenters. The highest BCUT2D eigenvalue weighted by molar-refractivity contribution is 5.35. The summed E-state index contributed by atoms with van der Waals surface area (Å²) < 4.78 is 55.2. The number of nitro benzene ring substituents is 1. The number of benzene rings is 1. The van der Waals surface area contributed by atoms with Gasteiger partial charge in [0.15, 0.2) is 0 Å². The first-order chi connectivity index (χ1) is 27.2. The zero-order chi connectivity index (χ0) is 39.4. The lowest BCUT2D eigenvalue weighted by molar-refractivity contribution is -0.384. The Morgan fingerprint density at radius 3 is 0.909 bits per heavy atom. The van der Waals surface area contributed by atoms with Gasteiger partial charge in [-0.3, -0.25) is 10.1 Å². The van der Waals surface area contributed by atoms with Crippen molar-refractivity contribution in [2.24, 2.45) is 0 Å². The molecule has 1 aromatic carbocycles. The van der Waals surface area contributed by atoms with Gasteiger partial charge >= 0.3 is 0 Å². The molecule has 0 bridgehead atoms. The summed E-state index contributed by atoms with van der Waals surface area (Å²) in [5, 5.41) is 10.7. The van der Waals surface area contributed by atoms with Gasteiger partial charge in [-0.1, -0.05) is 103 Å². The first-order valence-electron chi connectivity index (χ1n) is 21.3. The third kappa shape index (κ3) is 38.7. The molecule has 1 rings (SSSR count). The molecule has 13 heteroatoms. The van der Waals surface area contributed by atoms with E-state index in [0.717, 1.165) is 13.0 Å². The normalized spacial score (nSPS) is 11.4. The van der Waals surface area contributed by atoms with Gasteiger partial charge in [0, 0.05) is 18.7 Å². The Morgan fingerprint density at radius 2 is 0.618 bits per heavy atom. The van der Waals surface area contributed by atoms with Crippen LogP contribution in [0.2, 0.25) is 0 Å². The molecule has 0 amide bonds. The lowest BCUT2D eigenvalue weighted by Gasteiger charge is -2.09. The molecule has 1 aromatic rings. The summed E-state index contributed by atoms with van der Waals surface area (Å²) in [6, 6.07) is 5.93. The van der Waals surface area contributed by atoms with E-state index in [1.54, 1.807) is 12.1 Å². The number of hydrogen-bond donors (Lipinski definition) is 0. The van der Waals surface area contributed by atoms with Gasteiger partial charge in [0.2, 0.25) is 0 Å². The van der Waals surface area contributed by atoms with Crippen LogP contribution in [0.25, 0.3) is 0 Å². The fraction of sp³-hybridized carbons (Fsp3) is 0.857. The van der Waals surface area contributed by atoms with Crippen molar-refractivity contribution in [2.75, 3.05) is 126 Å². The van der Waals surface area contributed by atoms with Gasteiger partial charge in [-0.25, -0.2) is 0 Å². The van der Waals surface area contributed by atoms with Crippen molar-refractivity contribution in [1.29, 1.82) is 0 Å². The Morgan fingerprint density at radius 1 is 0.364 bits per heavy atom. The molecule has 0 saturated carbocycles. The lowest BCUT2D eigenvalue weighted by Crippen LogP contribution is -2.15. The number of non-ortho nitro benzene ring substituents is 1. The van der Waals surface area contributed by atoms with Crippen molar-refractivity contribution in [2.45, 2.75) is 110 Å². The Hall–Kier alpha value is -1.94. The quantitative estimate of drug-likeness (QED) is 0.0357. The molecule has 0 radical (unpaired) electrons. The van der Waals surface area contributed by atoms with Crippen molar-refractivity contribution in [3.63, 3.8) is 0 Å². The first-order valence-corrected chi connectivity index (χ1v) is 21.3. The summed E-state index contributed by atoms with van der Waals surface area (Å²) >= 11 is 0. The third-order valence-electron chi connectivity index (χ3n) is 8.66. The van der Waals surface area contributed by atoms with Crippen molar-refractivity contribution < 1.29 is 52.3 Å². The second-order valence-corrected chi connectivity index (χ2v) is 13.4. The van der Waals surface area contributed by atoms with Gasteiger partial charge in [0.05, 0.1) is 117 Å². The molecule has 13 nitrogen and oxygen atoms in total. The largest absolute Gasteiger partial charge is 0.491 e. The molecular formula is C42H77NO12. The predicted octanol–water partition coefficient (Wildman–Crippen LogP) is 8.38. The molecule has 0 heterocycles. The number of rotatable bonds is 46. The predicted molar refractivity (Wildman–Crippen MR) is 216 cm³/mol. The molecule has 0 N–H and O–H groups in total. The van der Waals surface area contributed by atoms with Crippen LogP contribution in [0, 0.1) is 10.1 Å². The first kappa shape index (κ1) is 51.1. The minimum Gasteiger partial charge on any atom is -0.491 e. The zero-order valence-electron chi connectivity index (χ0n) is 34.4. The van der Waals surface area contributed by atoms with Crippen LogP contribution in [-0.4, -0.2) is 130 Å². The van der Waals surface area contributed by atoms with Gasteiger partial charge in [-0.2, -0.15) is 0 Å². The topological polar surface area (TPSA) is 135 Å². The molecule has 0 spiro atoms. The fourth-order valence-electron chi connectivity index (χ4n) is 5.50. The summed E-state index contributed by atoms with van der Waals surface area (Å²) in [5.41, 5.74) is 0.0298. The number of nitro groups is 1. The summed E-state index contributed by atoms with van der Waals surface area (Å²) in [5.74, 6) is 0.561. The second kappa shape index (κ2) is 43.2. The molecule has 322 valence electrons. The molecular weight excluding hydrogens is 710 g/mol. The van der Waals surface area contributed by atoms with Crippen molar-refractivity contribution in [3.8, 4) is 5.75 Å². The number of unbranched alkanes of at least 4 members (excludes halogenated alkanes) is 15. The molecule has 0 aromatic heterocycles. The maximum Gasteiger partial charge on any atom is 0.269 e. The monoisotopic (exact) mass is 788 g/mol. The van der Waals surface area contributed by atoms with Gasteiger partial charge in [-0.15, -0.1) is 0 Å². The van der Waals surface area contributed by atoms with Crippen LogP contribution in [0.4, 0.5) is 5.69 Å². The van der Waals surface area contributed by atoms with E-state index >= 15 is 0 Å². The molecule has 0 fully saturated rings. The summed E-state index contributed by atoms with van der Waals surface area (Å²) in [4.78, 5) is 10.2. The Balaban J connectivity index is 1.62. The number of hydrogen-bond acceptors (Lipinski definition) is 12. The molecule has 0 aliphatic carbocycles. The van der Waals surface area contributed by atoms with Gasteiger partial charge in [-0.05, 0) is 18.6 Å². The highest BCUT2D eigenvalue weighted by atomic mass is 16.6. The van der Waals surface area contributed by atoms with Crippen LogP contribution in [0.3, 0.4) is 0 Å². The van der Waals surface area contributed by atoms with E-state index in [9.17, 15) is 10.1 Å². The fourth-order valence-corrected chi connectivity index (χ4v) is 5.50. The highest BCUT2D eigenvalue weighted by Gasteiger charge is 2.04. The van der Waals surface area contributed by atoms with E-state index in [1.807, 2.05) is 0 Å². The Labute approximate surface area is 332 Å². The lowest BCUT2D eigenvalue weighted by atomic mass is 10.0. The third-order valence-corrected chi connectivity index (χ3v) is 8.66. The van der Waals surface area contributed by atoms with Gasteiger partial charge in [0.1, 0.15) is 12.4 Å². The Kier molecular flexibility index (Phi) is 40.1.